The number of hydrogen-bond acceptors (Lipinski definition) is 5. The van der Waals surface area contributed by atoms with Crippen LogP contribution in [-0.4, -0.2) is 19.3 Å². The third kappa shape index (κ3) is 3.69. The van der Waals surface area contributed by atoms with Crippen LogP contribution in [0.3, 0.4) is 0 Å². The van der Waals surface area contributed by atoms with Gasteiger partial charge in [-0.1, -0.05) is 12.1 Å². The summed E-state index contributed by atoms with van der Waals surface area (Å²) in [7, 11) is 1.74. The molecule has 0 radical (unpaired) electrons. The van der Waals surface area contributed by atoms with Crippen molar-refractivity contribution in [2.75, 3.05) is 4.72 Å². The Morgan fingerprint density at radius 3 is 2.68 bits per heavy atom. The van der Waals surface area contributed by atoms with Crippen LogP contribution >= 0.6 is 11.9 Å². The lowest BCUT2D eigenvalue weighted by Gasteiger charge is -2.18. The summed E-state index contributed by atoms with van der Waals surface area (Å²) in [5.74, 6) is 0.798. The van der Waals surface area contributed by atoms with Gasteiger partial charge in [-0.2, -0.15) is 0 Å². The second-order valence-corrected chi connectivity index (χ2v) is 8.67. The Kier molecular flexibility index (Phi) is 4.56. The van der Waals surface area contributed by atoms with Gasteiger partial charge in [-0.15, -0.1) is 0 Å². The smallest absolute Gasteiger partial charge is 0.276 e. The van der Waals surface area contributed by atoms with E-state index in [1.165, 1.54) is 0 Å². The van der Waals surface area contributed by atoms with Crippen molar-refractivity contribution in [3.05, 3.63) is 52.6 Å². The molecule has 5 nitrogen and oxygen atoms in total. The van der Waals surface area contributed by atoms with E-state index < -0.39 is 0 Å². The Morgan fingerprint density at radius 1 is 1.20 bits per heavy atom. The Labute approximate surface area is 151 Å². The lowest BCUT2D eigenvalue weighted by Crippen LogP contribution is -2.18. The van der Waals surface area contributed by atoms with E-state index in [1.54, 1.807) is 29.8 Å². The van der Waals surface area contributed by atoms with Crippen LogP contribution in [0, 0.1) is 6.92 Å². The predicted octanol–water partition coefficient (Wildman–Crippen LogP) is 4.16. The lowest BCUT2D eigenvalue weighted by atomic mass is 10.0. The summed E-state index contributed by atoms with van der Waals surface area (Å²) in [5, 5.41) is 0.821. The number of fused-ring (bicyclic) bond motifs is 1. The molecule has 3 aromatic heterocycles. The Bertz CT molecular complexity index is 989. The van der Waals surface area contributed by atoms with Crippen molar-refractivity contribution in [1.29, 1.82) is 0 Å². The molecule has 0 aromatic carbocycles. The molecule has 3 rings (SSSR count). The summed E-state index contributed by atoms with van der Waals surface area (Å²) in [6, 6.07) is 7.78. The highest BCUT2D eigenvalue weighted by Crippen LogP contribution is 2.30. The third-order valence-electron chi connectivity index (χ3n) is 3.76. The number of aromatic nitrogens is 3. The largest absolute Gasteiger partial charge is 0.316 e. The maximum atomic E-state index is 12.3. The highest BCUT2D eigenvalue weighted by molar-refractivity contribution is 8.01. The number of hydrogen-bond donors (Lipinski definition) is 1. The molecule has 3 heterocycles. The maximum absolute atomic E-state index is 12.3. The first-order chi connectivity index (χ1) is 11.8. The van der Waals surface area contributed by atoms with Crippen LogP contribution in [0.4, 0.5) is 5.82 Å². The molecule has 0 bridgehead atoms. The highest BCUT2D eigenvalue weighted by Gasteiger charge is 2.15. The van der Waals surface area contributed by atoms with E-state index in [1.807, 2.05) is 37.4 Å². The van der Waals surface area contributed by atoms with Crippen LogP contribution in [0.15, 0.2) is 41.5 Å². The van der Waals surface area contributed by atoms with E-state index in [0.717, 1.165) is 28.0 Å². The predicted molar refractivity (Wildman–Crippen MR) is 106 cm³/mol. The van der Waals surface area contributed by atoms with Gasteiger partial charge in [-0.05, 0) is 57.3 Å². The average Bonchev–Trinajstić information content (AvgIpc) is 2.57. The highest BCUT2D eigenvalue weighted by atomic mass is 32.2. The van der Waals surface area contributed by atoms with Crippen molar-refractivity contribution in [1.82, 2.24) is 14.5 Å². The fourth-order valence-electron chi connectivity index (χ4n) is 2.53. The molecule has 6 heteroatoms. The van der Waals surface area contributed by atoms with Crippen molar-refractivity contribution in [3.63, 3.8) is 0 Å². The molecule has 0 fully saturated rings. The molecule has 25 heavy (non-hydrogen) atoms. The fourth-order valence-corrected chi connectivity index (χ4v) is 3.06. The van der Waals surface area contributed by atoms with Crippen LogP contribution in [0.1, 0.15) is 26.3 Å². The number of anilines is 1. The molecule has 130 valence electrons. The zero-order chi connectivity index (χ0) is 18.2. The number of aryl methyl sites for hydroxylation is 2. The number of nitrogens with zero attached hydrogens (tertiary/aromatic N) is 3. The van der Waals surface area contributed by atoms with E-state index in [9.17, 15) is 4.79 Å². The van der Waals surface area contributed by atoms with Gasteiger partial charge in [0.15, 0.2) is 0 Å². The van der Waals surface area contributed by atoms with Gasteiger partial charge < -0.3 is 9.29 Å². The second-order valence-electron chi connectivity index (χ2n) is 7.04. The average molecular weight is 354 g/mol. The maximum Gasteiger partial charge on any atom is 0.276 e. The SMILES string of the molecule is Cc1ccc(NSC(C)(C)C)nc1-c1cn(C)c(=O)c2ncccc12. The number of rotatable bonds is 3. The first-order valence-corrected chi connectivity index (χ1v) is 8.94. The normalized spacial score (nSPS) is 11.7. The van der Waals surface area contributed by atoms with Gasteiger partial charge in [0.1, 0.15) is 11.3 Å². The van der Waals surface area contributed by atoms with Crippen LogP contribution < -0.4 is 10.3 Å². The minimum Gasteiger partial charge on any atom is -0.316 e. The van der Waals surface area contributed by atoms with Crippen LogP contribution in [0.2, 0.25) is 0 Å². The van der Waals surface area contributed by atoms with Gasteiger partial charge >= 0.3 is 0 Å². The molecule has 0 amide bonds. The molecule has 0 unspecified atom stereocenters. The Hall–Kier alpha value is -2.34. The first-order valence-electron chi connectivity index (χ1n) is 8.13. The molecule has 0 spiro atoms. The van der Waals surface area contributed by atoms with Gasteiger partial charge in [0.25, 0.3) is 5.56 Å². The Balaban J connectivity index is 2.15. The molecule has 0 atom stereocenters. The van der Waals surface area contributed by atoms with Crippen molar-refractivity contribution in [2.45, 2.75) is 32.4 Å². The molecule has 0 aliphatic heterocycles. The van der Waals surface area contributed by atoms with Crippen molar-refractivity contribution in [3.8, 4) is 11.3 Å². The summed E-state index contributed by atoms with van der Waals surface area (Å²) >= 11 is 1.63. The standard InChI is InChI=1S/C19H22N4OS/c1-12-8-9-15(22-25-19(2,3)4)21-16(12)14-11-23(5)18(24)17-13(14)7-6-10-20-17/h6-11H,1-5H3,(H,21,22). The van der Waals surface area contributed by atoms with E-state index >= 15 is 0 Å². The molecular formula is C19H22N4OS. The lowest BCUT2D eigenvalue weighted by molar-refractivity contribution is 0.805. The molecule has 0 aliphatic rings. The number of nitrogens with one attached hydrogen (secondary N) is 1. The first kappa shape index (κ1) is 17.5. The second kappa shape index (κ2) is 6.52. The molecule has 0 saturated heterocycles. The van der Waals surface area contributed by atoms with Crippen LogP contribution in [0.5, 0.6) is 0 Å². The van der Waals surface area contributed by atoms with Gasteiger partial charge in [-0.25, -0.2) is 4.98 Å². The minimum atomic E-state index is -0.102. The number of pyridine rings is 3. The van der Waals surface area contributed by atoms with E-state index in [2.05, 4.69) is 30.5 Å². The molecule has 0 saturated carbocycles. The van der Waals surface area contributed by atoms with E-state index in [0.29, 0.717) is 5.52 Å². The summed E-state index contributed by atoms with van der Waals surface area (Å²) in [4.78, 5) is 21.4. The van der Waals surface area contributed by atoms with Gasteiger partial charge in [0, 0.05) is 35.1 Å². The van der Waals surface area contributed by atoms with Gasteiger partial charge in [0.2, 0.25) is 0 Å². The van der Waals surface area contributed by atoms with Crippen molar-refractivity contribution >= 4 is 28.7 Å². The van der Waals surface area contributed by atoms with Crippen molar-refractivity contribution < 1.29 is 0 Å². The van der Waals surface area contributed by atoms with E-state index in [-0.39, 0.29) is 10.3 Å². The molecule has 0 aliphatic carbocycles. The summed E-state index contributed by atoms with van der Waals surface area (Å²) < 4.78 is 4.97. The summed E-state index contributed by atoms with van der Waals surface area (Å²) in [6.45, 7) is 8.46. The van der Waals surface area contributed by atoms with Crippen molar-refractivity contribution in [2.24, 2.45) is 7.05 Å². The minimum absolute atomic E-state index is 0.0833. The van der Waals surface area contributed by atoms with Crippen LogP contribution in [0.25, 0.3) is 22.2 Å². The van der Waals surface area contributed by atoms with E-state index in [4.69, 9.17) is 4.98 Å². The zero-order valence-corrected chi connectivity index (χ0v) is 15.9. The quantitative estimate of drug-likeness (QED) is 0.716. The molecule has 1 N–H and O–H groups in total. The topological polar surface area (TPSA) is 59.8 Å². The fraction of sp³-hybridized carbons (Fsp3) is 0.316. The van der Waals surface area contributed by atoms with Crippen LogP contribution in [-0.2, 0) is 7.05 Å². The molecule has 3 aromatic rings. The van der Waals surface area contributed by atoms with Gasteiger partial charge in [0.05, 0.1) is 5.69 Å². The van der Waals surface area contributed by atoms with Gasteiger partial charge in [-0.3, -0.25) is 9.78 Å². The monoisotopic (exact) mass is 354 g/mol. The zero-order valence-electron chi connectivity index (χ0n) is 15.1. The summed E-state index contributed by atoms with van der Waals surface area (Å²) in [5.41, 5.74) is 3.18. The molecular weight excluding hydrogens is 332 g/mol. The summed E-state index contributed by atoms with van der Waals surface area (Å²) in [6.07, 6.45) is 3.48. The Morgan fingerprint density at radius 2 is 1.96 bits per heavy atom. The third-order valence-corrected chi connectivity index (χ3v) is 4.68.